The fourth-order valence-electron chi connectivity index (χ4n) is 1.73. The van der Waals surface area contributed by atoms with Crippen LogP contribution in [0, 0.1) is 18.6 Å². The summed E-state index contributed by atoms with van der Waals surface area (Å²) in [5.41, 5.74) is 0.288. The Bertz CT molecular complexity index is 664. The first-order valence-electron chi connectivity index (χ1n) is 6.20. The molecule has 2 nitrogen and oxygen atoms in total. The Labute approximate surface area is 121 Å². The van der Waals surface area contributed by atoms with E-state index in [0.29, 0.717) is 5.82 Å². The number of nitrogens with zero attached hydrogens (tertiary/aromatic N) is 2. The highest BCUT2D eigenvalue weighted by Gasteiger charge is 2.21. The van der Waals surface area contributed by atoms with Crippen LogP contribution in [0.5, 0.6) is 0 Å². The molecular weight excluding hydrogens is 282 g/mol. The number of benzene rings is 1. The molecule has 0 aliphatic carbocycles. The summed E-state index contributed by atoms with van der Waals surface area (Å²) in [6.45, 7) is 7.29. The van der Waals surface area contributed by atoms with E-state index in [0.717, 1.165) is 0 Å². The Balaban J connectivity index is 2.65. The van der Waals surface area contributed by atoms with Gasteiger partial charge in [0.15, 0.2) is 11.6 Å². The lowest BCUT2D eigenvalue weighted by molar-refractivity contribution is 0.504. The largest absolute Gasteiger partial charge is 0.232 e. The van der Waals surface area contributed by atoms with E-state index in [2.05, 4.69) is 9.97 Å². The lowest BCUT2D eigenvalue weighted by Crippen LogP contribution is -2.16. The summed E-state index contributed by atoms with van der Waals surface area (Å²) in [5, 5.41) is 0.209. The molecule has 20 heavy (non-hydrogen) atoms. The molecular formula is C15H15ClF2N2. The maximum atomic E-state index is 14.0. The topological polar surface area (TPSA) is 25.8 Å². The minimum atomic E-state index is -0.917. The van der Waals surface area contributed by atoms with Gasteiger partial charge in [-0.25, -0.2) is 18.7 Å². The summed E-state index contributed by atoms with van der Waals surface area (Å²) >= 11 is 5.96. The first kappa shape index (κ1) is 14.9. The smallest absolute Gasteiger partial charge is 0.168 e. The van der Waals surface area contributed by atoms with Gasteiger partial charge in [-0.2, -0.15) is 0 Å². The van der Waals surface area contributed by atoms with Crippen LogP contribution < -0.4 is 0 Å². The van der Waals surface area contributed by atoms with Crippen LogP contribution in [0.3, 0.4) is 0 Å². The molecule has 2 aromatic rings. The molecule has 0 saturated carbocycles. The van der Waals surface area contributed by atoms with Crippen molar-refractivity contribution in [1.82, 2.24) is 9.97 Å². The molecule has 0 unspecified atom stereocenters. The number of rotatable bonds is 1. The molecule has 106 valence electrons. The van der Waals surface area contributed by atoms with Gasteiger partial charge in [-0.15, -0.1) is 0 Å². The molecule has 0 bridgehead atoms. The summed E-state index contributed by atoms with van der Waals surface area (Å²) in [6, 6.07) is 4.45. The van der Waals surface area contributed by atoms with Gasteiger partial charge >= 0.3 is 0 Å². The molecule has 0 N–H and O–H groups in total. The SMILES string of the molecule is Cc1ccc(-c2cc(Cl)nc(C(C)(C)C)n2)c(F)c1F. The van der Waals surface area contributed by atoms with Gasteiger partial charge in [0.2, 0.25) is 0 Å². The second-order valence-electron chi connectivity index (χ2n) is 5.71. The van der Waals surface area contributed by atoms with Crippen molar-refractivity contribution in [1.29, 1.82) is 0 Å². The summed E-state index contributed by atoms with van der Waals surface area (Å²) < 4.78 is 27.7. The molecule has 5 heteroatoms. The number of aromatic nitrogens is 2. The molecule has 0 atom stereocenters. The minimum absolute atomic E-state index is 0.0860. The maximum absolute atomic E-state index is 14.0. The first-order valence-corrected chi connectivity index (χ1v) is 6.58. The average molecular weight is 297 g/mol. The Morgan fingerprint density at radius 1 is 1.05 bits per heavy atom. The Kier molecular flexibility index (Phi) is 3.78. The number of hydrogen-bond donors (Lipinski definition) is 0. The molecule has 0 fully saturated rings. The fourth-order valence-corrected chi connectivity index (χ4v) is 1.92. The molecule has 1 aromatic heterocycles. The number of hydrogen-bond acceptors (Lipinski definition) is 2. The van der Waals surface area contributed by atoms with Crippen LogP contribution in [-0.2, 0) is 5.41 Å². The van der Waals surface area contributed by atoms with Gasteiger partial charge in [-0.3, -0.25) is 0 Å². The Morgan fingerprint density at radius 2 is 1.70 bits per heavy atom. The number of aryl methyl sites for hydroxylation is 1. The highest BCUT2D eigenvalue weighted by Crippen LogP contribution is 2.28. The zero-order valence-electron chi connectivity index (χ0n) is 11.8. The fraction of sp³-hybridized carbons (Fsp3) is 0.333. The van der Waals surface area contributed by atoms with Crippen molar-refractivity contribution in [2.75, 3.05) is 0 Å². The standard InChI is InChI=1S/C15H15ClF2N2/c1-8-5-6-9(13(18)12(8)17)10-7-11(16)20-14(19-10)15(2,3)4/h5-7H,1-4H3. The van der Waals surface area contributed by atoms with Crippen molar-refractivity contribution >= 4 is 11.6 Å². The van der Waals surface area contributed by atoms with Crippen LogP contribution >= 0.6 is 11.6 Å². The minimum Gasteiger partial charge on any atom is -0.232 e. The van der Waals surface area contributed by atoms with Crippen molar-refractivity contribution < 1.29 is 8.78 Å². The van der Waals surface area contributed by atoms with Gasteiger partial charge in [-0.1, -0.05) is 38.4 Å². The predicted molar refractivity (Wildman–Crippen MR) is 75.8 cm³/mol. The lowest BCUT2D eigenvalue weighted by Gasteiger charge is -2.17. The van der Waals surface area contributed by atoms with Crippen LogP contribution in [0.2, 0.25) is 5.15 Å². The van der Waals surface area contributed by atoms with Gasteiger partial charge in [0.05, 0.1) is 5.69 Å². The summed E-state index contributed by atoms with van der Waals surface area (Å²) in [7, 11) is 0. The average Bonchev–Trinajstić information content (AvgIpc) is 2.34. The van der Waals surface area contributed by atoms with E-state index in [1.54, 1.807) is 0 Å². The van der Waals surface area contributed by atoms with Gasteiger partial charge < -0.3 is 0 Å². The van der Waals surface area contributed by atoms with E-state index in [-0.39, 0.29) is 27.4 Å². The first-order chi connectivity index (χ1) is 9.20. The van der Waals surface area contributed by atoms with E-state index in [1.807, 2.05) is 20.8 Å². The highest BCUT2D eigenvalue weighted by molar-refractivity contribution is 6.29. The Hall–Kier alpha value is -1.55. The molecule has 0 aliphatic rings. The van der Waals surface area contributed by atoms with Gasteiger partial charge in [-0.05, 0) is 18.6 Å². The summed E-state index contributed by atoms with van der Waals surface area (Å²) in [6.07, 6.45) is 0. The van der Waals surface area contributed by atoms with Crippen molar-refractivity contribution in [3.05, 3.63) is 46.4 Å². The molecule has 0 aliphatic heterocycles. The van der Waals surface area contributed by atoms with Crippen molar-refractivity contribution in [3.63, 3.8) is 0 Å². The van der Waals surface area contributed by atoms with Crippen molar-refractivity contribution in [2.24, 2.45) is 0 Å². The lowest BCUT2D eigenvalue weighted by atomic mass is 9.95. The normalized spacial score (nSPS) is 11.8. The van der Waals surface area contributed by atoms with Crippen LogP contribution in [0.15, 0.2) is 18.2 Å². The zero-order valence-corrected chi connectivity index (χ0v) is 12.5. The second-order valence-corrected chi connectivity index (χ2v) is 6.09. The third-order valence-corrected chi connectivity index (χ3v) is 3.11. The molecule has 2 rings (SSSR count). The monoisotopic (exact) mass is 296 g/mol. The van der Waals surface area contributed by atoms with Crippen LogP contribution in [0.1, 0.15) is 32.2 Å². The molecule has 1 aromatic carbocycles. The molecule has 0 saturated heterocycles. The van der Waals surface area contributed by atoms with E-state index in [4.69, 9.17) is 11.6 Å². The number of halogens is 3. The maximum Gasteiger partial charge on any atom is 0.168 e. The quantitative estimate of drug-likeness (QED) is 0.714. The molecule has 0 radical (unpaired) electrons. The van der Waals surface area contributed by atoms with Crippen molar-refractivity contribution in [3.8, 4) is 11.3 Å². The molecule has 0 spiro atoms. The molecule has 1 heterocycles. The third kappa shape index (κ3) is 2.80. The van der Waals surface area contributed by atoms with E-state index in [1.165, 1.54) is 25.1 Å². The zero-order chi connectivity index (χ0) is 15.1. The Morgan fingerprint density at radius 3 is 2.30 bits per heavy atom. The van der Waals surface area contributed by atoms with Gasteiger partial charge in [0, 0.05) is 17.0 Å². The third-order valence-electron chi connectivity index (χ3n) is 2.92. The van der Waals surface area contributed by atoms with Gasteiger partial charge in [0.1, 0.15) is 11.0 Å². The predicted octanol–water partition coefficient (Wildman–Crippen LogP) is 4.68. The summed E-state index contributed by atoms with van der Waals surface area (Å²) in [5.74, 6) is -1.30. The highest BCUT2D eigenvalue weighted by atomic mass is 35.5. The van der Waals surface area contributed by atoms with Crippen LogP contribution in [0.4, 0.5) is 8.78 Å². The van der Waals surface area contributed by atoms with Crippen molar-refractivity contribution in [2.45, 2.75) is 33.1 Å². The van der Waals surface area contributed by atoms with E-state index in [9.17, 15) is 8.78 Å². The van der Waals surface area contributed by atoms with E-state index >= 15 is 0 Å². The summed E-state index contributed by atoms with van der Waals surface area (Å²) in [4.78, 5) is 8.44. The van der Waals surface area contributed by atoms with E-state index < -0.39 is 11.6 Å². The molecule has 0 amide bonds. The van der Waals surface area contributed by atoms with Crippen LogP contribution in [0.25, 0.3) is 11.3 Å². The van der Waals surface area contributed by atoms with Crippen LogP contribution in [-0.4, -0.2) is 9.97 Å². The van der Waals surface area contributed by atoms with Gasteiger partial charge in [0.25, 0.3) is 0 Å². The second kappa shape index (κ2) is 5.09.